The summed E-state index contributed by atoms with van der Waals surface area (Å²) in [5, 5.41) is 1.20. The van der Waals surface area contributed by atoms with Crippen LogP contribution in [0.4, 0.5) is 0 Å². The Bertz CT molecular complexity index is 880. The van der Waals surface area contributed by atoms with E-state index in [-0.39, 0.29) is 11.9 Å². The highest BCUT2D eigenvalue weighted by atomic mass is 16.5. The van der Waals surface area contributed by atoms with Crippen LogP contribution in [0.25, 0.3) is 10.9 Å². The van der Waals surface area contributed by atoms with Crippen molar-refractivity contribution >= 4 is 16.8 Å². The molecule has 0 unspecified atom stereocenters. The van der Waals surface area contributed by atoms with Crippen molar-refractivity contribution in [3.8, 4) is 0 Å². The van der Waals surface area contributed by atoms with Crippen LogP contribution in [0.2, 0.25) is 0 Å². The molecule has 2 aromatic heterocycles. The molecular formula is C20H22N2O3. The predicted molar refractivity (Wildman–Crippen MR) is 95.7 cm³/mol. The molecule has 0 N–H and O–H groups in total. The quantitative estimate of drug-likeness (QED) is 0.731. The van der Waals surface area contributed by atoms with E-state index in [0.29, 0.717) is 32.1 Å². The van der Waals surface area contributed by atoms with Gasteiger partial charge in [-0.25, -0.2) is 0 Å². The summed E-state index contributed by atoms with van der Waals surface area (Å²) < 4.78 is 13.5. The largest absolute Gasteiger partial charge is 0.454 e. The number of hydrogen-bond acceptors (Lipinski definition) is 3. The topological polar surface area (TPSA) is 47.6 Å². The van der Waals surface area contributed by atoms with Gasteiger partial charge in [-0.2, -0.15) is 0 Å². The summed E-state index contributed by atoms with van der Waals surface area (Å²) in [6.07, 6.45) is 2.93. The van der Waals surface area contributed by atoms with E-state index in [9.17, 15) is 4.79 Å². The minimum absolute atomic E-state index is 0.0428. The van der Waals surface area contributed by atoms with Crippen LogP contribution in [0, 0.1) is 0 Å². The highest BCUT2D eigenvalue weighted by Gasteiger charge is 2.28. The van der Waals surface area contributed by atoms with Crippen molar-refractivity contribution in [2.75, 3.05) is 19.8 Å². The lowest BCUT2D eigenvalue weighted by Crippen LogP contribution is -2.48. The van der Waals surface area contributed by atoms with Crippen molar-refractivity contribution in [1.82, 2.24) is 9.47 Å². The molecule has 4 rings (SSSR count). The van der Waals surface area contributed by atoms with Crippen LogP contribution < -0.4 is 0 Å². The second-order valence-corrected chi connectivity index (χ2v) is 6.40. The van der Waals surface area contributed by atoms with Gasteiger partial charge < -0.3 is 18.6 Å². The Labute approximate surface area is 146 Å². The fourth-order valence-corrected chi connectivity index (χ4v) is 3.43. The Morgan fingerprint density at radius 3 is 2.96 bits per heavy atom. The lowest BCUT2D eigenvalue weighted by molar-refractivity contribution is -0.00441. The van der Waals surface area contributed by atoms with Gasteiger partial charge in [0.1, 0.15) is 5.76 Å². The molecule has 1 amide bonds. The minimum atomic E-state index is -0.0428. The Morgan fingerprint density at radius 1 is 1.20 bits per heavy atom. The van der Waals surface area contributed by atoms with Gasteiger partial charge >= 0.3 is 0 Å². The average Bonchev–Trinajstić information content (AvgIpc) is 3.29. The molecule has 0 radical (unpaired) electrons. The number of rotatable bonds is 4. The summed E-state index contributed by atoms with van der Waals surface area (Å²) in [7, 11) is 0. The van der Waals surface area contributed by atoms with Gasteiger partial charge in [0.2, 0.25) is 0 Å². The van der Waals surface area contributed by atoms with Crippen molar-refractivity contribution < 1.29 is 13.9 Å². The van der Waals surface area contributed by atoms with Crippen LogP contribution in [-0.4, -0.2) is 41.2 Å². The Hall–Kier alpha value is -2.53. The number of amides is 1. The van der Waals surface area contributed by atoms with Crippen LogP contribution >= 0.6 is 0 Å². The number of para-hydroxylation sites is 1. The SMILES string of the molecule is CC[C@H]1COCCN1C(=O)c1ccc(Cn2ccc3ccccc32)o1. The van der Waals surface area contributed by atoms with Crippen LogP contribution in [0.3, 0.4) is 0 Å². The second-order valence-electron chi connectivity index (χ2n) is 6.40. The third-order valence-electron chi connectivity index (χ3n) is 4.84. The molecule has 5 nitrogen and oxygen atoms in total. The normalized spacial score (nSPS) is 18.0. The Balaban J connectivity index is 1.52. The van der Waals surface area contributed by atoms with Crippen molar-refractivity contribution in [3.63, 3.8) is 0 Å². The summed E-state index contributed by atoms with van der Waals surface area (Å²) in [4.78, 5) is 14.6. The lowest BCUT2D eigenvalue weighted by atomic mass is 10.1. The minimum Gasteiger partial charge on any atom is -0.454 e. The zero-order chi connectivity index (χ0) is 17.2. The van der Waals surface area contributed by atoms with E-state index in [1.165, 1.54) is 5.39 Å². The van der Waals surface area contributed by atoms with Gasteiger partial charge in [0.05, 0.1) is 25.8 Å². The number of carbonyl (C=O) groups is 1. The highest BCUT2D eigenvalue weighted by molar-refractivity contribution is 5.91. The van der Waals surface area contributed by atoms with Gasteiger partial charge in [0.25, 0.3) is 5.91 Å². The molecule has 1 aliphatic rings. The van der Waals surface area contributed by atoms with E-state index in [2.05, 4.69) is 29.7 Å². The number of nitrogens with zero attached hydrogens (tertiary/aromatic N) is 2. The van der Waals surface area contributed by atoms with Crippen LogP contribution in [0.1, 0.15) is 29.7 Å². The van der Waals surface area contributed by atoms with Crippen LogP contribution in [0.5, 0.6) is 0 Å². The highest BCUT2D eigenvalue weighted by Crippen LogP contribution is 2.20. The summed E-state index contributed by atoms with van der Waals surface area (Å²) >= 11 is 0. The number of furan rings is 1. The molecule has 1 aliphatic heterocycles. The Kier molecular flexibility index (Phi) is 4.32. The fourth-order valence-electron chi connectivity index (χ4n) is 3.43. The molecular weight excluding hydrogens is 316 g/mol. The lowest BCUT2D eigenvalue weighted by Gasteiger charge is -2.34. The summed E-state index contributed by atoms with van der Waals surface area (Å²) in [5.41, 5.74) is 1.16. The number of hydrogen-bond donors (Lipinski definition) is 0. The zero-order valence-corrected chi connectivity index (χ0v) is 14.4. The molecule has 0 aliphatic carbocycles. The summed E-state index contributed by atoms with van der Waals surface area (Å²) in [6, 6.07) is 14.1. The first-order valence-electron chi connectivity index (χ1n) is 8.77. The molecule has 1 saturated heterocycles. The maximum atomic E-state index is 12.8. The van der Waals surface area contributed by atoms with Gasteiger partial charge in [-0.05, 0) is 36.1 Å². The number of benzene rings is 1. The standard InChI is InChI=1S/C20H22N2O3/c1-2-16-14-24-12-11-22(16)20(23)19-8-7-17(25-19)13-21-10-9-15-5-3-4-6-18(15)21/h3-10,16H,2,11-14H2,1H3/t16-/m0/s1. The monoisotopic (exact) mass is 338 g/mol. The molecule has 1 atom stereocenters. The smallest absolute Gasteiger partial charge is 0.289 e. The third kappa shape index (κ3) is 3.07. The first kappa shape index (κ1) is 16.0. The van der Waals surface area contributed by atoms with Gasteiger partial charge in [-0.15, -0.1) is 0 Å². The molecule has 0 saturated carbocycles. The molecule has 130 valence electrons. The zero-order valence-electron chi connectivity index (χ0n) is 14.4. The maximum Gasteiger partial charge on any atom is 0.289 e. The molecule has 1 aromatic carbocycles. The maximum absolute atomic E-state index is 12.8. The van der Waals surface area contributed by atoms with Crippen LogP contribution in [0.15, 0.2) is 53.1 Å². The second kappa shape index (κ2) is 6.76. The first-order chi connectivity index (χ1) is 12.3. The predicted octanol–water partition coefficient (Wildman–Crippen LogP) is 3.53. The van der Waals surface area contributed by atoms with Gasteiger partial charge in [0.15, 0.2) is 5.76 Å². The van der Waals surface area contributed by atoms with E-state index in [4.69, 9.17) is 9.15 Å². The number of carbonyl (C=O) groups excluding carboxylic acids is 1. The first-order valence-corrected chi connectivity index (χ1v) is 8.77. The van der Waals surface area contributed by atoms with E-state index in [1.54, 1.807) is 6.07 Å². The van der Waals surface area contributed by atoms with E-state index >= 15 is 0 Å². The molecule has 5 heteroatoms. The number of morpholine rings is 1. The molecule has 0 bridgehead atoms. The summed E-state index contributed by atoms with van der Waals surface area (Å²) in [5.74, 6) is 1.15. The van der Waals surface area contributed by atoms with Gasteiger partial charge in [-0.1, -0.05) is 25.1 Å². The summed E-state index contributed by atoms with van der Waals surface area (Å²) in [6.45, 7) is 4.50. The molecule has 25 heavy (non-hydrogen) atoms. The fraction of sp³-hybridized carbons (Fsp3) is 0.350. The molecule has 3 heterocycles. The molecule has 1 fully saturated rings. The van der Waals surface area contributed by atoms with E-state index < -0.39 is 0 Å². The van der Waals surface area contributed by atoms with Crippen molar-refractivity contribution in [2.45, 2.75) is 25.9 Å². The third-order valence-corrected chi connectivity index (χ3v) is 4.84. The van der Waals surface area contributed by atoms with Crippen molar-refractivity contribution in [3.05, 3.63) is 60.2 Å². The Morgan fingerprint density at radius 2 is 2.08 bits per heavy atom. The average molecular weight is 338 g/mol. The molecule has 3 aromatic rings. The number of ether oxygens (including phenoxy) is 1. The van der Waals surface area contributed by atoms with Gasteiger partial charge in [0, 0.05) is 18.3 Å². The number of fused-ring (bicyclic) bond motifs is 1. The van der Waals surface area contributed by atoms with Crippen molar-refractivity contribution in [2.24, 2.45) is 0 Å². The van der Waals surface area contributed by atoms with Crippen LogP contribution in [-0.2, 0) is 11.3 Å². The van der Waals surface area contributed by atoms with E-state index in [0.717, 1.165) is 17.7 Å². The van der Waals surface area contributed by atoms with Crippen molar-refractivity contribution in [1.29, 1.82) is 0 Å². The van der Waals surface area contributed by atoms with E-state index in [1.807, 2.05) is 29.3 Å². The number of aromatic nitrogens is 1. The van der Waals surface area contributed by atoms with Gasteiger partial charge in [-0.3, -0.25) is 4.79 Å². The molecule has 0 spiro atoms.